The zero-order chi connectivity index (χ0) is 15.0. The SMILES string of the molecule is CC(C)(O)C(C)(C)O[B]c1ccc2ccccc2c1Cl. The molecule has 105 valence electrons. The van der Waals surface area contributed by atoms with E-state index in [0.717, 1.165) is 16.2 Å². The number of benzene rings is 2. The van der Waals surface area contributed by atoms with Gasteiger partial charge in [-0.25, -0.2) is 0 Å². The molecule has 0 aliphatic heterocycles. The van der Waals surface area contributed by atoms with Crippen LogP contribution in [0.1, 0.15) is 27.7 Å². The molecule has 0 fully saturated rings. The maximum Gasteiger partial charge on any atom is 0.332 e. The fourth-order valence-corrected chi connectivity index (χ4v) is 1.98. The van der Waals surface area contributed by atoms with Crippen molar-refractivity contribution >= 4 is 35.3 Å². The maximum absolute atomic E-state index is 10.1. The Morgan fingerprint density at radius 1 is 1.05 bits per heavy atom. The first-order valence-corrected chi connectivity index (χ1v) is 7.01. The molecule has 0 saturated heterocycles. The van der Waals surface area contributed by atoms with E-state index < -0.39 is 11.2 Å². The molecule has 0 saturated carbocycles. The molecule has 2 rings (SSSR count). The van der Waals surface area contributed by atoms with E-state index in [1.807, 2.05) is 50.2 Å². The Hall–Kier alpha value is -1.03. The minimum absolute atomic E-state index is 0.662. The smallest absolute Gasteiger partial charge is 0.332 e. The van der Waals surface area contributed by atoms with Gasteiger partial charge >= 0.3 is 7.48 Å². The van der Waals surface area contributed by atoms with Gasteiger partial charge in [0.2, 0.25) is 0 Å². The van der Waals surface area contributed by atoms with Crippen molar-refractivity contribution in [3.05, 3.63) is 41.4 Å². The van der Waals surface area contributed by atoms with Gasteiger partial charge in [-0.3, -0.25) is 0 Å². The highest BCUT2D eigenvalue weighted by atomic mass is 35.5. The van der Waals surface area contributed by atoms with Crippen molar-refractivity contribution in [1.82, 2.24) is 0 Å². The lowest BCUT2D eigenvalue weighted by Gasteiger charge is -2.37. The summed E-state index contributed by atoms with van der Waals surface area (Å²) in [5, 5.41) is 12.8. The third-order valence-corrected chi connectivity index (χ3v) is 4.27. The first-order chi connectivity index (χ1) is 9.22. The van der Waals surface area contributed by atoms with Crippen LogP contribution in [0.5, 0.6) is 0 Å². The van der Waals surface area contributed by atoms with Crippen molar-refractivity contribution in [2.24, 2.45) is 0 Å². The van der Waals surface area contributed by atoms with Gasteiger partial charge in [-0.05, 0) is 43.9 Å². The van der Waals surface area contributed by atoms with E-state index >= 15 is 0 Å². The van der Waals surface area contributed by atoms with Gasteiger partial charge in [0.15, 0.2) is 0 Å². The molecule has 20 heavy (non-hydrogen) atoms. The van der Waals surface area contributed by atoms with Gasteiger partial charge in [0.05, 0.1) is 11.2 Å². The average molecular weight is 290 g/mol. The molecular weight excluding hydrogens is 270 g/mol. The Morgan fingerprint density at radius 3 is 2.35 bits per heavy atom. The van der Waals surface area contributed by atoms with Crippen molar-refractivity contribution in [1.29, 1.82) is 0 Å². The average Bonchev–Trinajstić information content (AvgIpc) is 2.37. The Labute approximate surface area is 126 Å². The third-order valence-electron chi connectivity index (χ3n) is 3.85. The van der Waals surface area contributed by atoms with Crippen LogP contribution >= 0.6 is 11.6 Å². The van der Waals surface area contributed by atoms with E-state index in [9.17, 15) is 5.11 Å². The molecule has 2 aromatic carbocycles. The van der Waals surface area contributed by atoms with Gasteiger partial charge < -0.3 is 9.76 Å². The first kappa shape index (κ1) is 15.4. The quantitative estimate of drug-likeness (QED) is 0.875. The Kier molecular flexibility index (Phi) is 4.15. The van der Waals surface area contributed by atoms with Crippen molar-refractivity contribution in [2.45, 2.75) is 38.9 Å². The molecule has 2 nitrogen and oxygen atoms in total. The van der Waals surface area contributed by atoms with Crippen LogP contribution in [-0.2, 0) is 4.65 Å². The molecular formula is C16H19BClO2. The van der Waals surface area contributed by atoms with E-state index in [1.165, 1.54) is 0 Å². The van der Waals surface area contributed by atoms with Gasteiger partial charge in [0.1, 0.15) is 0 Å². The number of fused-ring (bicyclic) bond motifs is 1. The summed E-state index contributed by atoms with van der Waals surface area (Å²) in [5.74, 6) is 0. The Balaban J connectivity index is 2.25. The van der Waals surface area contributed by atoms with Gasteiger partial charge in [-0.1, -0.05) is 48.0 Å². The predicted octanol–water partition coefficient (Wildman–Crippen LogP) is 3.30. The molecule has 0 aliphatic carbocycles. The minimum atomic E-state index is -0.952. The van der Waals surface area contributed by atoms with Crippen LogP contribution in [0.3, 0.4) is 0 Å². The first-order valence-electron chi connectivity index (χ1n) is 6.63. The van der Waals surface area contributed by atoms with Crippen molar-refractivity contribution in [2.75, 3.05) is 0 Å². The Morgan fingerprint density at radius 2 is 1.70 bits per heavy atom. The lowest BCUT2D eigenvalue weighted by Crippen LogP contribution is -2.49. The number of hydrogen-bond acceptors (Lipinski definition) is 2. The van der Waals surface area contributed by atoms with Gasteiger partial charge in [-0.2, -0.15) is 0 Å². The second kappa shape index (κ2) is 5.40. The molecule has 2 aromatic rings. The van der Waals surface area contributed by atoms with Crippen LogP contribution in [0.2, 0.25) is 5.02 Å². The summed E-state index contributed by atoms with van der Waals surface area (Å²) < 4.78 is 5.75. The molecule has 0 aliphatic rings. The molecule has 4 heteroatoms. The van der Waals surface area contributed by atoms with Crippen LogP contribution in [0.15, 0.2) is 36.4 Å². The minimum Gasteiger partial charge on any atom is -0.427 e. The van der Waals surface area contributed by atoms with Crippen LogP contribution in [0.4, 0.5) is 0 Å². The summed E-state index contributed by atoms with van der Waals surface area (Å²) in [7, 11) is 1.62. The normalized spacial score (nSPS) is 12.7. The highest BCUT2D eigenvalue weighted by Gasteiger charge is 2.35. The van der Waals surface area contributed by atoms with E-state index in [1.54, 1.807) is 21.3 Å². The summed E-state index contributed by atoms with van der Waals surface area (Å²) >= 11 is 6.41. The number of halogens is 1. The summed E-state index contributed by atoms with van der Waals surface area (Å²) in [6.45, 7) is 7.14. The second-order valence-corrected chi connectivity index (χ2v) is 6.37. The largest absolute Gasteiger partial charge is 0.427 e. The van der Waals surface area contributed by atoms with Crippen molar-refractivity contribution in [3.8, 4) is 0 Å². The van der Waals surface area contributed by atoms with Gasteiger partial charge in [0, 0.05) is 5.02 Å². The van der Waals surface area contributed by atoms with E-state index in [4.69, 9.17) is 16.3 Å². The lowest BCUT2D eigenvalue weighted by molar-refractivity contribution is -0.0893. The molecule has 0 aromatic heterocycles. The summed E-state index contributed by atoms with van der Waals surface area (Å²) in [5.41, 5.74) is -0.850. The maximum atomic E-state index is 10.1. The van der Waals surface area contributed by atoms with Crippen molar-refractivity contribution < 1.29 is 9.76 Å². The zero-order valence-corrected chi connectivity index (χ0v) is 13.0. The van der Waals surface area contributed by atoms with Crippen LogP contribution in [-0.4, -0.2) is 23.8 Å². The lowest BCUT2D eigenvalue weighted by atomic mass is 9.82. The van der Waals surface area contributed by atoms with Crippen molar-refractivity contribution in [3.63, 3.8) is 0 Å². The third kappa shape index (κ3) is 3.00. The van der Waals surface area contributed by atoms with Crippen LogP contribution in [0, 0.1) is 0 Å². The molecule has 0 heterocycles. The zero-order valence-electron chi connectivity index (χ0n) is 12.3. The summed E-state index contributed by atoms with van der Waals surface area (Å²) in [4.78, 5) is 0. The predicted molar refractivity (Wildman–Crippen MR) is 85.8 cm³/mol. The standard InChI is InChI=1S/C16H19BClO2/c1-15(2,19)16(3,4)20-17-13-10-9-11-7-5-6-8-12(11)14(13)18/h5-10,19H,1-4H3. The number of hydrogen-bond donors (Lipinski definition) is 1. The second-order valence-electron chi connectivity index (χ2n) is 5.99. The Bertz CT molecular complexity index is 617. The number of aliphatic hydroxyl groups is 1. The summed E-state index contributed by atoms with van der Waals surface area (Å²) in [6, 6.07) is 11.9. The highest BCUT2D eigenvalue weighted by Crippen LogP contribution is 2.25. The fraction of sp³-hybridized carbons (Fsp3) is 0.375. The van der Waals surface area contributed by atoms with E-state index in [-0.39, 0.29) is 0 Å². The molecule has 0 bridgehead atoms. The van der Waals surface area contributed by atoms with Crippen LogP contribution < -0.4 is 5.46 Å². The molecule has 0 amide bonds. The number of rotatable bonds is 4. The topological polar surface area (TPSA) is 29.5 Å². The van der Waals surface area contributed by atoms with Crippen LogP contribution in [0.25, 0.3) is 10.8 Å². The molecule has 1 radical (unpaired) electrons. The van der Waals surface area contributed by atoms with Gasteiger partial charge in [-0.15, -0.1) is 0 Å². The summed E-state index contributed by atoms with van der Waals surface area (Å²) in [6.07, 6.45) is 0. The van der Waals surface area contributed by atoms with E-state index in [0.29, 0.717) is 5.02 Å². The fourth-order valence-electron chi connectivity index (χ4n) is 1.70. The molecule has 0 unspecified atom stereocenters. The van der Waals surface area contributed by atoms with E-state index in [2.05, 4.69) is 0 Å². The molecule has 0 atom stereocenters. The monoisotopic (exact) mass is 289 g/mol. The van der Waals surface area contributed by atoms with Gasteiger partial charge in [0.25, 0.3) is 0 Å². The molecule has 1 N–H and O–H groups in total. The highest BCUT2D eigenvalue weighted by molar-refractivity contribution is 6.55. The molecule has 0 spiro atoms.